The molecule has 0 aliphatic heterocycles. The minimum absolute atomic E-state index is 0.112. The SMILES string of the molecule is NS(=O)(=O)c1cc(C=O)c(OC2CC2)cn1. The third-order valence-electron chi connectivity index (χ3n) is 2.11. The first kappa shape index (κ1) is 11.0. The first-order chi connectivity index (χ1) is 7.50. The molecule has 1 aliphatic carbocycles. The Morgan fingerprint density at radius 1 is 1.50 bits per heavy atom. The van der Waals surface area contributed by atoms with Crippen LogP contribution in [0.2, 0.25) is 0 Å². The fourth-order valence-corrected chi connectivity index (χ4v) is 1.64. The van der Waals surface area contributed by atoms with Crippen LogP contribution in [0.4, 0.5) is 0 Å². The number of ether oxygens (including phenoxy) is 1. The van der Waals surface area contributed by atoms with Gasteiger partial charge in [-0.05, 0) is 18.9 Å². The van der Waals surface area contributed by atoms with Gasteiger partial charge < -0.3 is 4.74 Å². The van der Waals surface area contributed by atoms with E-state index in [2.05, 4.69) is 4.98 Å². The number of carbonyl (C=O) groups excluding carboxylic acids is 1. The van der Waals surface area contributed by atoms with Crippen LogP contribution in [0.1, 0.15) is 23.2 Å². The molecule has 2 N–H and O–H groups in total. The van der Waals surface area contributed by atoms with Crippen LogP contribution in [-0.4, -0.2) is 25.8 Å². The summed E-state index contributed by atoms with van der Waals surface area (Å²) in [7, 11) is -3.89. The van der Waals surface area contributed by atoms with Crippen LogP contribution < -0.4 is 9.88 Å². The van der Waals surface area contributed by atoms with Crippen LogP contribution >= 0.6 is 0 Å². The summed E-state index contributed by atoms with van der Waals surface area (Å²) in [5, 5.41) is 4.56. The summed E-state index contributed by atoms with van der Waals surface area (Å²) in [5.74, 6) is 0.296. The maximum Gasteiger partial charge on any atom is 0.255 e. The third kappa shape index (κ3) is 2.37. The number of nitrogens with zero attached hydrogens (tertiary/aromatic N) is 1. The van der Waals surface area contributed by atoms with Crippen molar-refractivity contribution in [3.05, 3.63) is 17.8 Å². The normalized spacial score (nSPS) is 15.8. The van der Waals surface area contributed by atoms with Gasteiger partial charge >= 0.3 is 0 Å². The van der Waals surface area contributed by atoms with Crippen molar-refractivity contribution >= 4 is 16.3 Å². The summed E-state index contributed by atoms with van der Waals surface area (Å²) in [4.78, 5) is 14.4. The van der Waals surface area contributed by atoms with Gasteiger partial charge in [-0.3, -0.25) is 4.79 Å². The van der Waals surface area contributed by atoms with Gasteiger partial charge in [0.15, 0.2) is 11.3 Å². The molecular weight excluding hydrogens is 232 g/mol. The van der Waals surface area contributed by atoms with E-state index in [0.29, 0.717) is 12.0 Å². The van der Waals surface area contributed by atoms with E-state index in [-0.39, 0.29) is 16.7 Å². The van der Waals surface area contributed by atoms with Crippen LogP contribution in [0.15, 0.2) is 17.3 Å². The lowest BCUT2D eigenvalue weighted by atomic mass is 10.3. The van der Waals surface area contributed by atoms with Gasteiger partial charge in [0.05, 0.1) is 17.9 Å². The number of carbonyl (C=O) groups is 1. The molecule has 1 saturated carbocycles. The Balaban J connectivity index is 2.37. The first-order valence-corrected chi connectivity index (χ1v) is 6.20. The highest BCUT2D eigenvalue weighted by molar-refractivity contribution is 7.89. The molecule has 0 saturated heterocycles. The number of aldehydes is 1. The molecule has 6 nitrogen and oxygen atoms in total. The minimum Gasteiger partial charge on any atom is -0.488 e. The van der Waals surface area contributed by atoms with Crippen molar-refractivity contribution in [2.24, 2.45) is 5.14 Å². The van der Waals surface area contributed by atoms with Crippen molar-refractivity contribution in [3.8, 4) is 5.75 Å². The number of nitrogens with two attached hydrogens (primary N) is 1. The lowest BCUT2D eigenvalue weighted by Crippen LogP contribution is -2.14. The fourth-order valence-electron chi connectivity index (χ4n) is 1.15. The summed E-state index contributed by atoms with van der Waals surface area (Å²) < 4.78 is 27.4. The molecule has 16 heavy (non-hydrogen) atoms. The molecule has 0 spiro atoms. The Bertz CT molecular complexity index is 522. The standard InChI is InChI=1S/C9H10N2O4S/c10-16(13,14)9-3-6(5-12)8(4-11-9)15-7-1-2-7/h3-5,7H,1-2H2,(H2,10,13,14). The lowest BCUT2D eigenvalue weighted by molar-refractivity contribution is 0.111. The van der Waals surface area contributed by atoms with E-state index in [1.807, 2.05) is 0 Å². The van der Waals surface area contributed by atoms with Gasteiger partial charge in [-0.15, -0.1) is 0 Å². The molecule has 1 aliphatic rings. The van der Waals surface area contributed by atoms with Crippen LogP contribution in [0.5, 0.6) is 5.75 Å². The van der Waals surface area contributed by atoms with Crippen molar-refractivity contribution in [1.29, 1.82) is 0 Å². The van der Waals surface area contributed by atoms with E-state index in [4.69, 9.17) is 9.88 Å². The summed E-state index contributed by atoms with van der Waals surface area (Å²) in [6, 6.07) is 1.11. The lowest BCUT2D eigenvalue weighted by Gasteiger charge is -2.07. The molecule has 0 unspecified atom stereocenters. The monoisotopic (exact) mass is 242 g/mol. The quantitative estimate of drug-likeness (QED) is 0.754. The number of aromatic nitrogens is 1. The number of rotatable bonds is 4. The van der Waals surface area contributed by atoms with Crippen molar-refractivity contribution in [1.82, 2.24) is 4.98 Å². The molecular formula is C9H10N2O4S. The first-order valence-electron chi connectivity index (χ1n) is 4.65. The van der Waals surface area contributed by atoms with Gasteiger partial charge in [-0.1, -0.05) is 0 Å². The zero-order chi connectivity index (χ0) is 11.8. The molecule has 0 bridgehead atoms. The molecule has 0 amide bonds. The summed E-state index contributed by atoms with van der Waals surface area (Å²) >= 11 is 0. The van der Waals surface area contributed by atoms with Crippen LogP contribution in [0, 0.1) is 0 Å². The van der Waals surface area contributed by atoms with E-state index < -0.39 is 10.0 Å². The highest BCUT2D eigenvalue weighted by Gasteiger charge is 2.25. The Hall–Kier alpha value is -1.47. The van der Waals surface area contributed by atoms with E-state index in [1.165, 1.54) is 6.20 Å². The molecule has 86 valence electrons. The molecule has 7 heteroatoms. The van der Waals surface area contributed by atoms with Gasteiger partial charge in [0.1, 0.15) is 5.75 Å². The predicted molar refractivity (Wildman–Crippen MR) is 54.6 cm³/mol. The molecule has 1 aromatic rings. The molecule has 0 aromatic carbocycles. The van der Waals surface area contributed by atoms with Gasteiger partial charge in [-0.2, -0.15) is 0 Å². The van der Waals surface area contributed by atoms with Crippen molar-refractivity contribution in [2.75, 3.05) is 0 Å². The van der Waals surface area contributed by atoms with E-state index in [1.54, 1.807) is 0 Å². The molecule has 1 aromatic heterocycles. The average Bonchev–Trinajstić information content (AvgIpc) is 3.00. The Morgan fingerprint density at radius 3 is 2.69 bits per heavy atom. The van der Waals surface area contributed by atoms with E-state index in [0.717, 1.165) is 18.9 Å². The highest BCUT2D eigenvalue weighted by Crippen LogP contribution is 2.28. The van der Waals surface area contributed by atoms with Gasteiger partial charge in [-0.25, -0.2) is 18.5 Å². The zero-order valence-corrected chi connectivity index (χ0v) is 9.11. The smallest absolute Gasteiger partial charge is 0.255 e. The van der Waals surface area contributed by atoms with E-state index in [9.17, 15) is 13.2 Å². The van der Waals surface area contributed by atoms with Crippen LogP contribution in [0.3, 0.4) is 0 Å². The third-order valence-corrected chi connectivity index (χ3v) is 2.92. The molecule has 1 heterocycles. The van der Waals surface area contributed by atoms with Crippen LogP contribution in [-0.2, 0) is 10.0 Å². The van der Waals surface area contributed by atoms with Gasteiger partial charge in [0, 0.05) is 0 Å². The molecule has 0 radical (unpaired) electrons. The second-order valence-corrected chi connectivity index (χ2v) is 5.05. The molecule has 1 fully saturated rings. The fraction of sp³-hybridized carbons (Fsp3) is 0.333. The number of primary sulfonamides is 1. The van der Waals surface area contributed by atoms with Gasteiger partial charge in [0.2, 0.25) is 0 Å². The maximum absolute atomic E-state index is 11.0. The largest absolute Gasteiger partial charge is 0.488 e. The maximum atomic E-state index is 11.0. The number of sulfonamides is 1. The second kappa shape index (κ2) is 3.84. The van der Waals surface area contributed by atoms with Crippen molar-refractivity contribution in [3.63, 3.8) is 0 Å². The average molecular weight is 242 g/mol. The van der Waals surface area contributed by atoms with Crippen molar-refractivity contribution < 1.29 is 17.9 Å². The number of pyridine rings is 1. The Labute approximate surface area is 92.5 Å². The molecule has 2 rings (SSSR count). The predicted octanol–water partition coefficient (Wildman–Crippen LogP) is 0.0827. The summed E-state index contributed by atoms with van der Waals surface area (Å²) in [6.45, 7) is 0. The molecule has 0 atom stereocenters. The van der Waals surface area contributed by atoms with Crippen molar-refractivity contribution in [2.45, 2.75) is 24.0 Å². The van der Waals surface area contributed by atoms with E-state index >= 15 is 0 Å². The highest BCUT2D eigenvalue weighted by atomic mass is 32.2. The topological polar surface area (TPSA) is 99.4 Å². The summed E-state index contributed by atoms with van der Waals surface area (Å²) in [5.41, 5.74) is 0.144. The summed E-state index contributed by atoms with van der Waals surface area (Å²) in [6.07, 6.45) is 3.72. The van der Waals surface area contributed by atoms with Crippen LogP contribution in [0.25, 0.3) is 0 Å². The zero-order valence-electron chi connectivity index (χ0n) is 8.29. The second-order valence-electron chi connectivity index (χ2n) is 3.54. The van der Waals surface area contributed by atoms with Gasteiger partial charge in [0.25, 0.3) is 10.0 Å². The number of hydrogen-bond donors (Lipinski definition) is 1. The minimum atomic E-state index is -3.89. The Morgan fingerprint density at radius 2 is 2.19 bits per heavy atom. The Kier molecular flexibility index (Phi) is 2.64. The number of hydrogen-bond acceptors (Lipinski definition) is 5.